The molecule has 0 fully saturated rings. The summed E-state index contributed by atoms with van der Waals surface area (Å²) in [6, 6.07) is 0. The quantitative estimate of drug-likeness (QED) is 0.0274. The lowest BCUT2D eigenvalue weighted by molar-refractivity contribution is -0.161. The highest BCUT2D eigenvalue weighted by molar-refractivity contribution is 7.47. The van der Waals surface area contributed by atoms with Gasteiger partial charge in [-0.15, -0.1) is 0 Å². The van der Waals surface area contributed by atoms with Crippen LogP contribution in [0.5, 0.6) is 0 Å². The maximum absolute atomic E-state index is 12.5. The average molecular weight is 742 g/mol. The molecule has 9 nitrogen and oxygen atoms in total. The van der Waals surface area contributed by atoms with E-state index in [0.717, 1.165) is 44.9 Å². The smallest absolute Gasteiger partial charge is 0.462 e. The molecule has 3 N–H and O–H groups in total. The number of ether oxygens (including phenoxy) is 2. The molecule has 298 valence electrons. The van der Waals surface area contributed by atoms with E-state index in [1.54, 1.807) is 0 Å². The first-order chi connectivity index (χ1) is 24.8. The van der Waals surface area contributed by atoms with Crippen molar-refractivity contribution in [1.82, 2.24) is 0 Å². The van der Waals surface area contributed by atoms with Gasteiger partial charge in [-0.1, -0.05) is 159 Å². The van der Waals surface area contributed by atoms with Gasteiger partial charge in [-0.3, -0.25) is 18.6 Å². The number of carbonyl (C=O) groups excluding carboxylic acids is 2. The number of hydrogen-bond donors (Lipinski definition) is 2. The summed E-state index contributed by atoms with van der Waals surface area (Å²) in [5.74, 6) is -0.887. The fraction of sp³-hybridized carbons (Fsp3) is 0.805. The summed E-state index contributed by atoms with van der Waals surface area (Å²) in [4.78, 5) is 34.7. The first-order valence-corrected chi connectivity index (χ1v) is 22.0. The average Bonchev–Trinajstić information content (AvgIpc) is 3.11. The zero-order chi connectivity index (χ0) is 37.5. The lowest BCUT2D eigenvalue weighted by Crippen LogP contribution is -2.29. The molecule has 1 unspecified atom stereocenters. The summed E-state index contributed by atoms with van der Waals surface area (Å²) in [6.45, 7) is 3.66. The van der Waals surface area contributed by atoms with Crippen molar-refractivity contribution >= 4 is 19.8 Å². The second-order valence-corrected chi connectivity index (χ2v) is 15.0. The standard InChI is InChI=1S/C41H76NO8P/c1-3-5-7-9-11-13-15-17-18-19-20-22-23-25-27-29-31-33-40(43)47-37-39(38-49-51(45,46)48-36-35-42)50-41(44)34-32-30-28-26-24-21-16-14-12-10-8-6-4-2/h17-18,20,22,25,27,39H,3-16,19,21,23-24,26,28-38,42H2,1-2H3,(H,45,46)/b18-17-,22-20-,27-25-/t39-/m1/s1. The van der Waals surface area contributed by atoms with Gasteiger partial charge in [0, 0.05) is 19.4 Å². The van der Waals surface area contributed by atoms with E-state index in [4.69, 9.17) is 24.3 Å². The van der Waals surface area contributed by atoms with E-state index in [2.05, 4.69) is 50.3 Å². The highest BCUT2D eigenvalue weighted by atomic mass is 31.2. The third-order valence-corrected chi connectivity index (χ3v) is 9.51. The van der Waals surface area contributed by atoms with Gasteiger partial charge in [0.2, 0.25) is 0 Å². The fourth-order valence-corrected chi connectivity index (χ4v) is 6.24. The van der Waals surface area contributed by atoms with E-state index in [1.165, 1.54) is 96.3 Å². The molecule has 0 amide bonds. The number of nitrogens with two attached hydrogens (primary N) is 1. The number of carbonyl (C=O) groups is 2. The second kappa shape index (κ2) is 38.0. The van der Waals surface area contributed by atoms with Crippen LogP contribution >= 0.6 is 7.82 Å². The highest BCUT2D eigenvalue weighted by Gasteiger charge is 2.25. The zero-order valence-corrected chi connectivity index (χ0v) is 33.5. The molecule has 0 rings (SSSR count). The van der Waals surface area contributed by atoms with Gasteiger partial charge < -0.3 is 20.1 Å². The van der Waals surface area contributed by atoms with Crippen LogP contribution in [0.1, 0.15) is 181 Å². The van der Waals surface area contributed by atoms with E-state index < -0.39 is 32.5 Å². The molecule has 10 heteroatoms. The van der Waals surface area contributed by atoms with Crippen LogP contribution in [0.15, 0.2) is 36.5 Å². The van der Waals surface area contributed by atoms with Gasteiger partial charge in [-0.25, -0.2) is 4.57 Å². The molecule has 0 heterocycles. The molecular formula is C41H76NO8P. The predicted molar refractivity (Wildman–Crippen MR) is 210 cm³/mol. The van der Waals surface area contributed by atoms with E-state index >= 15 is 0 Å². The molecule has 51 heavy (non-hydrogen) atoms. The lowest BCUT2D eigenvalue weighted by atomic mass is 10.0. The number of rotatable bonds is 38. The van der Waals surface area contributed by atoms with Crippen LogP contribution in [-0.4, -0.2) is 49.3 Å². The third-order valence-electron chi connectivity index (χ3n) is 8.53. The molecule has 0 aliphatic carbocycles. The van der Waals surface area contributed by atoms with Crippen LogP contribution in [0.25, 0.3) is 0 Å². The van der Waals surface area contributed by atoms with E-state index in [1.807, 2.05) is 0 Å². The fourth-order valence-electron chi connectivity index (χ4n) is 5.47. The molecule has 0 bridgehead atoms. The highest BCUT2D eigenvalue weighted by Crippen LogP contribution is 2.43. The minimum absolute atomic E-state index is 0.0476. The summed E-state index contributed by atoms with van der Waals surface area (Å²) >= 11 is 0. The summed E-state index contributed by atoms with van der Waals surface area (Å²) in [5.41, 5.74) is 5.33. The largest absolute Gasteiger partial charge is 0.472 e. The summed E-state index contributed by atoms with van der Waals surface area (Å²) in [7, 11) is -4.38. The number of esters is 2. The van der Waals surface area contributed by atoms with Gasteiger partial charge in [0.15, 0.2) is 6.10 Å². The second-order valence-electron chi connectivity index (χ2n) is 13.5. The van der Waals surface area contributed by atoms with E-state index in [-0.39, 0.29) is 32.6 Å². The molecule has 0 saturated carbocycles. The first kappa shape index (κ1) is 49.2. The lowest BCUT2D eigenvalue weighted by Gasteiger charge is -2.19. The molecule has 0 radical (unpaired) electrons. The van der Waals surface area contributed by atoms with Crippen LogP contribution < -0.4 is 5.73 Å². The molecule has 0 aliphatic rings. The van der Waals surface area contributed by atoms with Crippen molar-refractivity contribution in [3.05, 3.63) is 36.5 Å². The van der Waals surface area contributed by atoms with Gasteiger partial charge in [-0.2, -0.15) is 0 Å². The molecule has 2 atom stereocenters. The topological polar surface area (TPSA) is 134 Å². The molecule has 0 saturated heterocycles. The minimum Gasteiger partial charge on any atom is -0.462 e. The van der Waals surface area contributed by atoms with Crippen LogP contribution in [-0.2, 0) is 32.7 Å². The van der Waals surface area contributed by atoms with Gasteiger partial charge in [-0.05, 0) is 44.9 Å². The van der Waals surface area contributed by atoms with Crippen LogP contribution in [0, 0.1) is 0 Å². The molecular weight excluding hydrogens is 665 g/mol. The molecule has 0 spiro atoms. The normalized spacial score (nSPS) is 13.7. The first-order valence-electron chi connectivity index (χ1n) is 20.5. The number of hydrogen-bond acceptors (Lipinski definition) is 8. The van der Waals surface area contributed by atoms with Gasteiger partial charge in [0.1, 0.15) is 6.61 Å². The number of phosphoric acid groups is 1. The Hall–Kier alpha value is -1.77. The van der Waals surface area contributed by atoms with Crippen molar-refractivity contribution in [1.29, 1.82) is 0 Å². The van der Waals surface area contributed by atoms with Crippen LogP contribution in [0.4, 0.5) is 0 Å². The van der Waals surface area contributed by atoms with Crippen molar-refractivity contribution in [2.24, 2.45) is 5.73 Å². The maximum atomic E-state index is 12.5. The van der Waals surface area contributed by atoms with E-state index in [0.29, 0.717) is 12.8 Å². The molecule has 0 aromatic carbocycles. The van der Waals surface area contributed by atoms with Crippen LogP contribution in [0.2, 0.25) is 0 Å². The summed E-state index contributed by atoms with van der Waals surface area (Å²) in [5, 5.41) is 0. The molecule has 0 aliphatic heterocycles. The Morgan fingerprint density at radius 3 is 1.57 bits per heavy atom. The summed E-state index contributed by atoms with van der Waals surface area (Å²) in [6.07, 6.45) is 40.4. The van der Waals surface area contributed by atoms with E-state index in [9.17, 15) is 19.0 Å². The van der Waals surface area contributed by atoms with Gasteiger partial charge >= 0.3 is 19.8 Å². The Labute approximate surface area is 312 Å². The van der Waals surface area contributed by atoms with Crippen molar-refractivity contribution in [3.63, 3.8) is 0 Å². The Morgan fingerprint density at radius 1 is 0.588 bits per heavy atom. The molecule has 0 aromatic rings. The van der Waals surface area contributed by atoms with Crippen LogP contribution in [0.3, 0.4) is 0 Å². The van der Waals surface area contributed by atoms with Gasteiger partial charge in [0.05, 0.1) is 13.2 Å². The Morgan fingerprint density at radius 2 is 1.04 bits per heavy atom. The van der Waals surface area contributed by atoms with Crippen molar-refractivity contribution in [2.45, 2.75) is 187 Å². The Kier molecular flexibility index (Phi) is 36.7. The van der Waals surface area contributed by atoms with Gasteiger partial charge in [0.25, 0.3) is 0 Å². The number of unbranched alkanes of at least 4 members (excludes halogenated alkanes) is 19. The molecule has 0 aromatic heterocycles. The Balaban J connectivity index is 4.26. The minimum atomic E-state index is -4.38. The third kappa shape index (κ3) is 37.8. The van der Waals surface area contributed by atoms with Crippen molar-refractivity contribution < 1.29 is 37.6 Å². The Bertz CT molecular complexity index is 939. The number of allylic oxidation sites excluding steroid dienone is 6. The monoisotopic (exact) mass is 742 g/mol. The van der Waals surface area contributed by atoms with Crippen molar-refractivity contribution in [2.75, 3.05) is 26.4 Å². The summed E-state index contributed by atoms with van der Waals surface area (Å²) < 4.78 is 32.6. The maximum Gasteiger partial charge on any atom is 0.472 e. The number of phosphoric ester groups is 1. The van der Waals surface area contributed by atoms with Crippen molar-refractivity contribution in [3.8, 4) is 0 Å². The predicted octanol–water partition coefficient (Wildman–Crippen LogP) is 11.4. The zero-order valence-electron chi connectivity index (χ0n) is 32.6. The SMILES string of the molecule is CCCCCCCC/C=C\C/C=C\C/C=C\CCCC(=O)OC[C@H](COP(=O)(O)OCCN)OC(=O)CCCCCCCCCCCCCCC.